The highest BCUT2D eigenvalue weighted by molar-refractivity contribution is 5.76. The van der Waals surface area contributed by atoms with Crippen LogP contribution in [0.1, 0.15) is 11.5 Å². The summed E-state index contributed by atoms with van der Waals surface area (Å²) < 4.78 is 12.9. The lowest BCUT2D eigenvalue weighted by atomic mass is 9.99. The van der Waals surface area contributed by atoms with Crippen LogP contribution in [-0.4, -0.2) is 22.7 Å². The number of carboxylic acid groups (broad SMARTS) is 1. The third kappa shape index (κ3) is 2.00. The fraction of sp³-hybridized carbons (Fsp3) is 0.222. The average Bonchev–Trinajstić information content (AvgIpc) is 2.11. The number of nitrogens with two attached hydrogens (primary N) is 1. The highest BCUT2D eigenvalue weighted by Crippen LogP contribution is 2.21. The van der Waals surface area contributed by atoms with Gasteiger partial charge in [0.2, 0.25) is 0 Å². The van der Waals surface area contributed by atoms with Gasteiger partial charge < -0.3 is 15.9 Å². The Labute approximate surface area is 79.8 Å². The van der Waals surface area contributed by atoms with Crippen LogP contribution in [0.3, 0.4) is 0 Å². The van der Waals surface area contributed by atoms with Crippen molar-refractivity contribution in [2.24, 2.45) is 5.73 Å². The second-order valence-corrected chi connectivity index (χ2v) is 2.84. The van der Waals surface area contributed by atoms with E-state index in [-0.39, 0.29) is 12.1 Å². The average molecular weight is 199 g/mol. The van der Waals surface area contributed by atoms with Crippen molar-refractivity contribution in [3.8, 4) is 5.75 Å². The molecule has 0 aliphatic carbocycles. The van der Waals surface area contributed by atoms with Crippen molar-refractivity contribution in [3.63, 3.8) is 0 Å². The molecule has 0 bridgehead atoms. The van der Waals surface area contributed by atoms with E-state index in [1.165, 1.54) is 6.07 Å². The number of hydrogen-bond donors (Lipinski definition) is 3. The quantitative estimate of drug-likeness (QED) is 0.667. The first-order chi connectivity index (χ1) is 6.56. The standard InChI is InChI=1S/C9H10FNO3/c10-7-3-5(1-2-8(7)12)6(4-11)9(13)14/h1-3,6,12H,4,11H2,(H,13,14). The summed E-state index contributed by atoms with van der Waals surface area (Å²) in [5, 5.41) is 17.6. The first kappa shape index (κ1) is 10.5. The van der Waals surface area contributed by atoms with Crippen molar-refractivity contribution in [1.29, 1.82) is 0 Å². The summed E-state index contributed by atoms with van der Waals surface area (Å²) in [5.74, 6) is -3.40. The first-order valence-electron chi connectivity index (χ1n) is 3.97. The van der Waals surface area contributed by atoms with E-state index in [2.05, 4.69) is 0 Å². The van der Waals surface area contributed by atoms with Gasteiger partial charge in [0.05, 0.1) is 5.92 Å². The number of aliphatic carboxylic acids is 1. The Morgan fingerprint density at radius 2 is 2.21 bits per heavy atom. The highest BCUT2D eigenvalue weighted by atomic mass is 19.1. The van der Waals surface area contributed by atoms with E-state index in [1.807, 2.05) is 0 Å². The number of carbonyl (C=O) groups is 1. The first-order valence-corrected chi connectivity index (χ1v) is 3.97. The van der Waals surface area contributed by atoms with Gasteiger partial charge in [0.1, 0.15) is 0 Å². The summed E-state index contributed by atoms with van der Waals surface area (Å²) in [6.45, 7) is -0.112. The van der Waals surface area contributed by atoms with E-state index in [0.29, 0.717) is 0 Å². The number of benzene rings is 1. The van der Waals surface area contributed by atoms with Gasteiger partial charge in [0, 0.05) is 6.54 Å². The number of phenols is 1. The molecular formula is C9H10FNO3. The zero-order chi connectivity index (χ0) is 10.7. The molecule has 76 valence electrons. The van der Waals surface area contributed by atoms with E-state index in [9.17, 15) is 9.18 Å². The Hall–Kier alpha value is -1.62. The molecule has 0 aliphatic rings. The van der Waals surface area contributed by atoms with Crippen LogP contribution in [0, 0.1) is 5.82 Å². The van der Waals surface area contributed by atoms with E-state index in [1.54, 1.807) is 0 Å². The predicted octanol–water partition coefficient (Wildman–Crippen LogP) is 0.658. The van der Waals surface area contributed by atoms with Crippen LogP contribution in [0.2, 0.25) is 0 Å². The minimum Gasteiger partial charge on any atom is -0.505 e. The third-order valence-corrected chi connectivity index (χ3v) is 1.91. The monoisotopic (exact) mass is 199 g/mol. The predicted molar refractivity (Wildman–Crippen MR) is 47.5 cm³/mol. The molecule has 0 saturated carbocycles. The molecule has 0 heterocycles. The second kappa shape index (κ2) is 4.06. The number of rotatable bonds is 3. The van der Waals surface area contributed by atoms with Crippen LogP contribution < -0.4 is 5.73 Å². The number of aromatic hydroxyl groups is 1. The van der Waals surface area contributed by atoms with Gasteiger partial charge in [-0.1, -0.05) is 6.07 Å². The molecule has 1 rings (SSSR count). The van der Waals surface area contributed by atoms with Gasteiger partial charge in [0.25, 0.3) is 0 Å². The molecule has 5 heteroatoms. The van der Waals surface area contributed by atoms with E-state index < -0.39 is 23.5 Å². The largest absolute Gasteiger partial charge is 0.505 e. The van der Waals surface area contributed by atoms with E-state index in [4.69, 9.17) is 15.9 Å². The van der Waals surface area contributed by atoms with Crippen LogP contribution in [0.15, 0.2) is 18.2 Å². The maximum absolute atomic E-state index is 12.9. The van der Waals surface area contributed by atoms with Gasteiger partial charge in [-0.25, -0.2) is 4.39 Å². The topological polar surface area (TPSA) is 83.6 Å². The highest BCUT2D eigenvalue weighted by Gasteiger charge is 2.18. The Morgan fingerprint density at radius 1 is 1.57 bits per heavy atom. The molecular weight excluding hydrogens is 189 g/mol. The number of halogens is 1. The Kier molecular flexibility index (Phi) is 3.03. The molecule has 0 fully saturated rings. The van der Waals surface area contributed by atoms with Crippen molar-refractivity contribution < 1.29 is 19.4 Å². The SMILES string of the molecule is NCC(C(=O)O)c1ccc(O)c(F)c1. The molecule has 0 saturated heterocycles. The zero-order valence-corrected chi connectivity index (χ0v) is 7.27. The minimum absolute atomic E-state index is 0.112. The Balaban J connectivity index is 3.06. The summed E-state index contributed by atoms with van der Waals surface area (Å²) in [6, 6.07) is 3.42. The molecule has 1 atom stereocenters. The van der Waals surface area contributed by atoms with Crippen LogP contribution in [0.25, 0.3) is 0 Å². The Bertz CT molecular complexity index is 354. The van der Waals surface area contributed by atoms with Gasteiger partial charge in [-0.2, -0.15) is 0 Å². The zero-order valence-electron chi connectivity index (χ0n) is 7.27. The molecule has 1 aromatic carbocycles. The van der Waals surface area contributed by atoms with Crippen molar-refractivity contribution in [2.75, 3.05) is 6.54 Å². The van der Waals surface area contributed by atoms with Crippen LogP contribution >= 0.6 is 0 Å². The van der Waals surface area contributed by atoms with Gasteiger partial charge in [-0.3, -0.25) is 4.79 Å². The van der Waals surface area contributed by atoms with E-state index >= 15 is 0 Å². The van der Waals surface area contributed by atoms with Crippen LogP contribution in [-0.2, 0) is 4.79 Å². The third-order valence-electron chi connectivity index (χ3n) is 1.91. The van der Waals surface area contributed by atoms with Gasteiger partial charge in [-0.15, -0.1) is 0 Å². The second-order valence-electron chi connectivity index (χ2n) is 2.84. The molecule has 1 aromatic rings. The lowest BCUT2D eigenvalue weighted by molar-refractivity contribution is -0.138. The maximum atomic E-state index is 12.9. The van der Waals surface area contributed by atoms with Crippen molar-refractivity contribution in [1.82, 2.24) is 0 Å². The Morgan fingerprint density at radius 3 is 2.64 bits per heavy atom. The van der Waals surface area contributed by atoms with Crippen molar-refractivity contribution >= 4 is 5.97 Å². The number of carboxylic acids is 1. The fourth-order valence-electron chi connectivity index (χ4n) is 1.12. The lowest BCUT2D eigenvalue weighted by Gasteiger charge is -2.09. The summed E-state index contributed by atoms with van der Waals surface area (Å²) in [5.41, 5.74) is 5.47. The molecule has 0 radical (unpaired) electrons. The molecule has 4 N–H and O–H groups in total. The smallest absolute Gasteiger partial charge is 0.312 e. The number of phenolic OH excluding ortho intramolecular Hbond substituents is 1. The molecule has 14 heavy (non-hydrogen) atoms. The normalized spacial score (nSPS) is 12.4. The molecule has 0 amide bonds. The maximum Gasteiger partial charge on any atom is 0.312 e. The van der Waals surface area contributed by atoms with E-state index in [0.717, 1.165) is 12.1 Å². The van der Waals surface area contributed by atoms with Crippen molar-refractivity contribution in [2.45, 2.75) is 5.92 Å². The summed E-state index contributed by atoms with van der Waals surface area (Å²) >= 11 is 0. The van der Waals surface area contributed by atoms with Crippen LogP contribution in [0.5, 0.6) is 5.75 Å². The molecule has 0 aliphatic heterocycles. The summed E-state index contributed by atoms with van der Waals surface area (Å²) in [7, 11) is 0. The fourth-order valence-corrected chi connectivity index (χ4v) is 1.12. The van der Waals surface area contributed by atoms with Gasteiger partial charge >= 0.3 is 5.97 Å². The van der Waals surface area contributed by atoms with Crippen LogP contribution in [0.4, 0.5) is 4.39 Å². The summed E-state index contributed by atoms with van der Waals surface area (Å²) in [4.78, 5) is 10.7. The van der Waals surface area contributed by atoms with Crippen molar-refractivity contribution in [3.05, 3.63) is 29.6 Å². The summed E-state index contributed by atoms with van der Waals surface area (Å²) in [6.07, 6.45) is 0. The lowest BCUT2D eigenvalue weighted by Crippen LogP contribution is -2.21. The molecule has 0 spiro atoms. The van der Waals surface area contributed by atoms with Gasteiger partial charge in [-0.05, 0) is 17.7 Å². The number of hydrogen-bond acceptors (Lipinski definition) is 3. The van der Waals surface area contributed by atoms with Gasteiger partial charge in [0.15, 0.2) is 11.6 Å². The molecule has 4 nitrogen and oxygen atoms in total. The molecule has 0 aromatic heterocycles. The minimum atomic E-state index is -1.11. The molecule has 1 unspecified atom stereocenters.